The Balaban J connectivity index is 1.39. The zero-order valence-electron chi connectivity index (χ0n) is 17.7. The quantitative estimate of drug-likeness (QED) is 0.795. The molecule has 1 atom stereocenters. The van der Waals surface area contributed by atoms with Crippen molar-refractivity contribution in [2.45, 2.75) is 25.4 Å². The molecule has 160 valence electrons. The zero-order chi connectivity index (χ0) is 20.8. The van der Waals surface area contributed by atoms with Crippen molar-refractivity contribution >= 4 is 11.6 Å². The van der Waals surface area contributed by atoms with Gasteiger partial charge in [-0.3, -0.25) is 9.69 Å². The van der Waals surface area contributed by atoms with Gasteiger partial charge in [0.1, 0.15) is 5.75 Å². The second-order valence-electron chi connectivity index (χ2n) is 8.02. The monoisotopic (exact) mass is 409 g/mol. The van der Waals surface area contributed by atoms with Crippen molar-refractivity contribution < 1.29 is 14.3 Å². The molecule has 4 rings (SSSR count). The number of ether oxygens (including phenoxy) is 2. The molecule has 2 aliphatic rings. The van der Waals surface area contributed by atoms with E-state index in [0.29, 0.717) is 13.2 Å². The number of para-hydroxylation sites is 1. The van der Waals surface area contributed by atoms with Crippen LogP contribution in [0.2, 0.25) is 0 Å². The number of hydrogen-bond donors (Lipinski definition) is 1. The molecule has 2 fully saturated rings. The van der Waals surface area contributed by atoms with E-state index in [9.17, 15) is 4.79 Å². The molecule has 0 bridgehead atoms. The van der Waals surface area contributed by atoms with Gasteiger partial charge in [-0.15, -0.1) is 0 Å². The molecule has 0 spiro atoms. The minimum absolute atomic E-state index is 0.0188. The van der Waals surface area contributed by atoms with Gasteiger partial charge in [-0.1, -0.05) is 24.3 Å². The van der Waals surface area contributed by atoms with E-state index in [1.165, 1.54) is 5.56 Å². The van der Waals surface area contributed by atoms with Crippen LogP contribution in [0, 0.1) is 0 Å². The predicted octanol–water partition coefficient (Wildman–Crippen LogP) is 2.93. The third-order valence-electron chi connectivity index (χ3n) is 5.88. The van der Waals surface area contributed by atoms with Gasteiger partial charge >= 0.3 is 0 Å². The highest BCUT2D eigenvalue weighted by molar-refractivity contribution is 6.00. The maximum Gasteiger partial charge on any atom is 0.253 e. The third kappa shape index (κ3) is 5.12. The summed E-state index contributed by atoms with van der Waals surface area (Å²) in [5.41, 5.74) is 2.99. The first-order chi connectivity index (χ1) is 14.7. The van der Waals surface area contributed by atoms with E-state index in [4.69, 9.17) is 9.47 Å². The number of benzene rings is 2. The molecule has 6 heteroatoms. The molecule has 2 aromatic carbocycles. The summed E-state index contributed by atoms with van der Waals surface area (Å²) in [5.74, 6) is 0.902. The number of methoxy groups -OCH3 is 1. The fourth-order valence-corrected chi connectivity index (χ4v) is 4.35. The molecule has 6 nitrogen and oxygen atoms in total. The molecular weight excluding hydrogens is 378 g/mol. The van der Waals surface area contributed by atoms with Gasteiger partial charge in [0.25, 0.3) is 5.91 Å². The lowest BCUT2D eigenvalue weighted by Crippen LogP contribution is -2.47. The van der Waals surface area contributed by atoms with Crippen molar-refractivity contribution in [3.8, 4) is 5.75 Å². The zero-order valence-corrected chi connectivity index (χ0v) is 17.7. The smallest absolute Gasteiger partial charge is 0.253 e. The summed E-state index contributed by atoms with van der Waals surface area (Å²) in [6.07, 6.45) is 2.10. The molecule has 30 heavy (non-hydrogen) atoms. The average molecular weight is 410 g/mol. The van der Waals surface area contributed by atoms with Gasteiger partial charge in [0.15, 0.2) is 0 Å². The van der Waals surface area contributed by atoms with Crippen molar-refractivity contribution in [1.82, 2.24) is 10.2 Å². The van der Waals surface area contributed by atoms with Gasteiger partial charge < -0.3 is 19.7 Å². The first-order valence-electron chi connectivity index (χ1n) is 10.8. The Morgan fingerprint density at radius 2 is 1.97 bits per heavy atom. The fourth-order valence-electron chi connectivity index (χ4n) is 4.35. The first kappa shape index (κ1) is 20.7. The summed E-state index contributed by atoms with van der Waals surface area (Å²) >= 11 is 0. The second kappa shape index (κ2) is 9.96. The van der Waals surface area contributed by atoms with E-state index in [0.717, 1.165) is 62.6 Å². The topological polar surface area (TPSA) is 54.0 Å². The molecule has 1 amide bonds. The minimum atomic E-state index is 0.0188. The molecule has 0 unspecified atom stereocenters. The highest BCUT2D eigenvalue weighted by Crippen LogP contribution is 2.23. The largest absolute Gasteiger partial charge is 0.497 e. The number of amides is 1. The summed E-state index contributed by atoms with van der Waals surface area (Å²) in [4.78, 5) is 17.8. The SMILES string of the molecule is COc1cccc(CN2CCC[C@H](NC(=O)c3ccccc3N3CCOCC3)C2)c1. The van der Waals surface area contributed by atoms with Crippen molar-refractivity contribution in [3.63, 3.8) is 0 Å². The Kier molecular flexibility index (Phi) is 6.87. The maximum atomic E-state index is 13.1. The molecule has 0 aromatic heterocycles. The van der Waals surface area contributed by atoms with Crippen LogP contribution in [0.4, 0.5) is 5.69 Å². The van der Waals surface area contributed by atoms with Crippen molar-refractivity contribution in [1.29, 1.82) is 0 Å². The number of anilines is 1. The van der Waals surface area contributed by atoms with Crippen LogP contribution in [0.1, 0.15) is 28.8 Å². The van der Waals surface area contributed by atoms with Crippen LogP contribution >= 0.6 is 0 Å². The summed E-state index contributed by atoms with van der Waals surface area (Å²) in [6.45, 7) is 5.84. The summed E-state index contributed by atoms with van der Waals surface area (Å²) < 4.78 is 10.8. The molecule has 1 N–H and O–H groups in total. The van der Waals surface area contributed by atoms with Crippen LogP contribution in [0.25, 0.3) is 0 Å². The van der Waals surface area contributed by atoms with E-state index >= 15 is 0 Å². The highest BCUT2D eigenvalue weighted by Gasteiger charge is 2.24. The Morgan fingerprint density at radius 1 is 1.13 bits per heavy atom. The number of carbonyl (C=O) groups is 1. The van der Waals surface area contributed by atoms with Gasteiger partial charge in [0.2, 0.25) is 0 Å². The maximum absolute atomic E-state index is 13.1. The Hall–Kier alpha value is -2.57. The number of nitrogens with one attached hydrogen (secondary N) is 1. The van der Waals surface area contributed by atoms with Crippen LogP contribution < -0.4 is 15.0 Å². The van der Waals surface area contributed by atoms with Crippen molar-refractivity contribution in [3.05, 3.63) is 59.7 Å². The number of morpholine rings is 1. The van der Waals surface area contributed by atoms with Crippen LogP contribution in [0.5, 0.6) is 5.75 Å². The van der Waals surface area contributed by atoms with E-state index in [1.54, 1.807) is 7.11 Å². The van der Waals surface area contributed by atoms with Gasteiger partial charge in [0, 0.05) is 37.9 Å². The van der Waals surface area contributed by atoms with Crippen molar-refractivity contribution in [2.24, 2.45) is 0 Å². The predicted molar refractivity (Wildman–Crippen MR) is 118 cm³/mol. The van der Waals surface area contributed by atoms with Crippen LogP contribution in [-0.4, -0.2) is 63.4 Å². The summed E-state index contributed by atoms with van der Waals surface area (Å²) in [6, 6.07) is 16.3. The van der Waals surface area contributed by atoms with E-state index in [-0.39, 0.29) is 11.9 Å². The third-order valence-corrected chi connectivity index (χ3v) is 5.88. The van der Waals surface area contributed by atoms with Crippen molar-refractivity contribution in [2.75, 3.05) is 51.4 Å². The molecule has 0 radical (unpaired) electrons. The molecule has 2 saturated heterocycles. The Bertz CT molecular complexity index is 851. The van der Waals surface area contributed by atoms with E-state index in [1.807, 2.05) is 36.4 Å². The minimum Gasteiger partial charge on any atom is -0.497 e. The lowest BCUT2D eigenvalue weighted by molar-refractivity contribution is 0.0899. The van der Waals surface area contributed by atoms with E-state index in [2.05, 4.69) is 27.2 Å². The number of rotatable bonds is 6. The molecule has 2 aromatic rings. The van der Waals surface area contributed by atoms with Crippen LogP contribution in [0.15, 0.2) is 48.5 Å². The number of hydrogen-bond acceptors (Lipinski definition) is 5. The molecule has 2 heterocycles. The Morgan fingerprint density at radius 3 is 2.80 bits per heavy atom. The highest BCUT2D eigenvalue weighted by atomic mass is 16.5. The summed E-state index contributed by atoms with van der Waals surface area (Å²) in [7, 11) is 1.69. The van der Waals surface area contributed by atoms with Crippen LogP contribution in [0.3, 0.4) is 0 Å². The normalized spacial score (nSPS) is 20.0. The van der Waals surface area contributed by atoms with E-state index < -0.39 is 0 Å². The second-order valence-corrected chi connectivity index (χ2v) is 8.02. The number of nitrogens with zero attached hydrogens (tertiary/aromatic N) is 2. The number of piperidine rings is 1. The van der Waals surface area contributed by atoms with Gasteiger partial charge in [-0.2, -0.15) is 0 Å². The number of likely N-dealkylation sites (tertiary alicyclic amines) is 1. The first-order valence-corrected chi connectivity index (χ1v) is 10.8. The summed E-state index contributed by atoms with van der Waals surface area (Å²) in [5, 5.41) is 3.29. The Labute approximate surface area is 178 Å². The molecule has 0 saturated carbocycles. The van der Waals surface area contributed by atoms with Gasteiger partial charge in [-0.05, 0) is 49.2 Å². The number of carbonyl (C=O) groups excluding carboxylic acids is 1. The fraction of sp³-hybridized carbons (Fsp3) is 0.458. The van der Waals surface area contributed by atoms with Gasteiger partial charge in [0.05, 0.1) is 25.9 Å². The molecular formula is C24H31N3O3. The van der Waals surface area contributed by atoms with Crippen LogP contribution in [-0.2, 0) is 11.3 Å². The lowest BCUT2D eigenvalue weighted by Gasteiger charge is -2.34. The molecule has 0 aliphatic carbocycles. The average Bonchev–Trinajstić information content (AvgIpc) is 2.80. The molecule has 2 aliphatic heterocycles. The lowest BCUT2D eigenvalue weighted by atomic mass is 10.0. The standard InChI is InChI=1S/C24H31N3O3/c1-29-21-8-4-6-19(16-21)17-26-11-5-7-20(18-26)25-24(28)22-9-2-3-10-23(22)27-12-14-30-15-13-27/h2-4,6,8-10,16,20H,5,7,11-15,17-18H2,1H3,(H,25,28)/t20-/m0/s1. The van der Waals surface area contributed by atoms with Gasteiger partial charge in [-0.25, -0.2) is 0 Å².